The Kier molecular flexibility index (Phi) is 4.07. The lowest BCUT2D eigenvalue weighted by Gasteiger charge is -2.19. The summed E-state index contributed by atoms with van der Waals surface area (Å²) in [5, 5.41) is 4.16. The molecule has 1 fully saturated rings. The number of nitrogens with one attached hydrogen (secondary N) is 1. The predicted molar refractivity (Wildman–Crippen MR) is 68.9 cm³/mol. The molecule has 0 spiro atoms. The van der Waals surface area contributed by atoms with Gasteiger partial charge in [-0.1, -0.05) is 19.4 Å². The number of nitrogens with zero attached hydrogens (tertiary/aromatic N) is 1. The summed E-state index contributed by atoms with van der Waals surface area (Å²) in [6, 6.07) is 5.61. The van der Waals surface area contributed by atoms with Gasteiger partial charge in [-0.3, -0.25) is 4.79 Å². The molecule has 1 aliphatic carbocycles. The number of carbonyl (C=O) groups is 1. The molecule has 0 bridgehead atoms. The first-order chi connectivity index (χ1) is 8.66. The maximum Gasteiger partial charge on any atom is 0.271 e. The second kappa shape index (κ2) is 5.76. The van der Waals surface area contributed by atoms with Gasteiger partial charge in [-0.15, -0.1) is 0 Å². The lowest BCUT2D eigenvalue weighted by molar-refractivity contribution is 0.0954. The average Bonchev–Trinajstić information content (AvgIpc) is 2.37. The second-order valence-electron chi connectivity index (χ2n) is 4.70. The van der Waals surface area contributed by atoms with Gasteiger partial charge in [0, 0.05) is 11.3 Å². The van der Waals surface area contributed by atoms with E-state index < -0.39 is 5.82 Å². The molecule has 2 rings (SSSR count). The summed E-state index contributed by atoms with van der Waals surface area (Å²) in [5.74, 6) is -0.354. The third-order valence-corrected chi connectivity index (χ3v) is 3.28. The van der Waals surface area contributed by atoms with E-state index in [1.165, 1.54) is 24.6 Å². The summed E-state index contributed by atoms with van der Waals surface area (Å²) >= 11 is 0. The van der Waals surface area contributed by atoms with E-state index in [9.17, 15) is 9.18 Å². The van der Waals surface area contributed by atoms with Gasteiger partial charge in [-0.2, -0.15) is 5.10 Å². The van der Waals surface area contributed by atoms with Crippen molar-refractivity contribution in [3.05, 3.63) is 35.6 Å². The normalized spacial score (nSPS) is 21.9. The number of hydrogen-bond acceptors (Lipinski definition) is 2. The van der Waals surface area contributed by atoms with Crippen molar-refractivity contribution in [3.63, 3.8) is 0 Å². The van der Waals surface area contributed by atoms with Gasteiger partial charge < -0.3 is 0 Å². The summed E-state index contributed by atoms with van der Waals surface area (Å²) in [5.41, 5.74) is 3.84. The highest BCUT2D eigenvalue weighted by Crippen LogP contribution is 2.20. The molecule has 0 saturated heterocycles. The summed E-state index contributed by atoms with van der Waals surface area (Å²) in [6.45, 7) is 2.12. The zero-order valence-electron chi connectivity index (χ0n) is 10.4. The molecule has 1 aromatic rings. The summed E-state index contributed by atoms with van der Waals surface area (Å²) in [4.78, 5) is 11.8. The van der Waals surface area contributed by atoms with Crippen molar-refractivity contribution in [3.8, 4) is 0 Å². The topological polar surface area (TPSA) is 41.5 Å². The number of carbonyl (C=O) groups excluding carboxylic acids is 1. The highest BCUT2D eigenvalue weighted by atomic mass is 19.1. The highest BCUT2D eigenvalue weighted by Gasteiger charge is 2.16. The molecule has 0 radical (unpaired) electrons. The smallest absolute Gasteiger partial charge is 0.267 e. The number of hydrogen-bond donors (Lipinski definition) is 1. The number of amides is 1. The van der Waals surface area contributed by atoms with Crippen LogP contribution < -0.4 is 5.43 Å². The average molecular weight is 248 g/mol. The fourth-order valence-corrected chi connectivity index (χ4v) is 2.15. The molecule has 4 heteroatoms. The van der Waals surface area contributed by atoms with Crippen LogP contribution in [0, 0.1) is 11.7 Å². The molecule has 1 aromatic carbocycles. The van der Waals surface area contributed by atoms with Gasteiger partial charge >= 0.3 is 0 Å². The lowest BCUT2D eigenvalue weighted by atomic mass is 9.89. The minimum atomic E-state index is -0.415. The first-order valence-corrected chi connectivity index (χ1v) is 6.29. The van der Waals surface area contributed by atoms with Gasteiger partial charge in [0.15, 0.2) is 0 Å². The molecule has 0 heterocycles. The second-order valence-corrected chi connectivity index (χ2v) is 4.70. The van der Waals surface area contributed by atoms with Crippen LogP contribution in [-0.2, 0) is 0 Å². The zero-order valence-corrected chi connectivity index (χ0v) is 10.4. The largest absolute Gasteiger partial charge is 0.271 e. The molecular weight excluding hydrogens is 231 g/mol. The Labute approximate surface area is 106 Å². The number of rotatable bonds is 2. The Morgan fingerprint density at radius 3 is 3.00 bits per heavy atom. The molecule has 0 aromatic heterocycles. The van der Waals surface area contributed by atoms with Crippen LogP contribution in [0.1, 0.15) is 43.0 Å². The van der Waals surface area contributed by atoms with Crippen LogP contribution in [-0.4, -0.2) is 11.6 Å². The van der Waals surface area contributed by atoms with E-state index in [1.807, 2.05) is 0 Å². The molecule has 1 saturated carbocycles. The molecule has 96 valence electrons. The van der Waals surface area contributed by atoms with Crippen molar-refractivity contribution in [1.29, 1.82) is 0 Å². The van der Waals surface area contributed by atoms with Gasteiger partial charge in [0.1, 0.15) is 5.82 Å². The van der Waals surface area contributed by atoms with Crippen LogP contribution in [0.3, 0.4) is 0 Å². The van der Waals surface area contributed by atoms with E-state index in [0.29, 0.717) is 11.5 Å². The number of hydrazone groups is 1. The van der Waals surface area contributed by atoms with E-state index in [2.05, 4.69) is 17.5 Å². The van der Waals surface area contributed by atoms with Crippen molar-refractivity contribution >= 4 is 11.6 Å². The highest BCUT2D eigenvalue weighted by molar-refractivity contribution is 5.95. The van der Waals surface area contributed by atoms with Gasteiger partial charge in [0.05, 0.1) is 0 Å². The molecular formula is C14H17FN2O. The molecule has 0 aliphatic heterocycles. The monoisotopic (exact) mass is 248 g/mol. The third kappa shape index (κ3) is 3.15. The van der Waals surface area contributed by atoms with Crippen molar-refractivity contribution in [2.45, 2.75) is 32.6 Å². The minimum absolute atomic E-state index is 0.294. The molecule has 1 N–H and O–H groups in total. The summed E-state index contributed by atoms with van der Waals surface area (Å²) in [6.07, 6.45) is 4.40. The molecule has 1 amide bonds. The maximum absolute atomic E-state index is 13.0. The van der Waals surface area contributed by atoms with Crippen molar-refractivity contribution in [2.75, 3.05) is 0 Å². The quantitative estimate of drug-likeness (QED) is 0.803. The van der Waals surface area contributed by atoms with Gasteiger partial charge in [0.2, 0.25) is 0 Å². The SMILES string of the molecule is CC1CCCCC1=NNC(=O)c1cccc(F)c1. The first kappa shape index (κ1) is 12.7. The van der Waals surface area contributed by atoms with Crippen molar-refractivity contribution in [2.24, 2.45) is 11.0 Å². The van der Waals surface area contributed by atoms with Crippen LogP contribution in [0.2, 0.25) is 0 Å². The standard InChI is InChI=1S/C14H17FN2O/c1-10-5-2-3-8-13(10)16-17-14(18)11-6-4-7-12(15)9-11/h4,6-7,9-10H,2-3,5,8H2,1H3,(H,17,18). The zero-order chi connectivity index (χ0) is 13.0. The van der Waals surface area contributed by atoms with Crippen LogP contribution in [0.15, 0.2) is 29.4 Å². The van der Waals surface area contributed by atoms with Crippen molar-refractivity contribution in [1.82, 2.24) is 5.43 Å². The predicted octanol–water partition coefficient (Wildman–Crippen LogP) is 3.12. The maximum atomic E-state index is 13.0. The van der Waals surface area contributed by atoms with Crippen LogP contribution in [0.25, 0.3) is 0 Å². The number of halogens is 1. The van der Waals surface area contributed by atoms with E-state index in [1.54, 1.807) is 6.07 Å². The summed E-state index contributed by atoms with van der Waals surface area (Å²) in [7, 11) is 0. The van der Waals surface area contributed by atoms with Crippen LogP contribution in [0.5, 0.6) is 0 Å². The van der Waals surface area contributed by atoms with E-state index in [-0.39, 0.29) is 5.91 Å². The Bertz CT molecular complexity index is 471. The van der Waals surface area contributed by atoms with Crippen LogP contribution >= 0.6 is 0 Å². The molecule has 1 aliphatic rings. The van der Waals surface area contributed by atoms with E-state index in [4.69, 9.17) is 0 Å². The Morgan fingerprint density at radius 1 is 1.44 bits per heavy atom. The van der Waals surface area contributed by atoms with Gasteiger partial charge in [-0.25, -0.2) is 9.82 Å². The Balaban J connectivity index is 2.01. The van der Waals surface area contributed by atoms with Crippen LogP contribution in [0.4, 0.5) is 4.39 Å². The molecule has 18 heavy (non-hydrogen) atoms. The molecule has 1 atom stereocenters. The fraction of sp³-hybridized carbons (Fsp3) is 0.429. The van der Waals surface area contributed by atoms with Gasteiger partial charge in [-0.05, 0) is 43.4 Å². The Morgan fingerprint density at radius 2 is 2.28 bits per heavy atom. The van der Waals surface area contributed by atoms with Gasteiger partial charge in [0.25, 0.3) is 5.91 Å². The van der Waals surface area contributed by atoms with E-state index in [0.717, 1.165) is 25.0 Å². The lowest BCUT2D eigenvalue weighted by Crippen LogP contribution is -2.24. The third-order valence-electron chi connectivity index (χ3n) is 3.28. The first-order valence-electron chi connectivity index (χ1n) is 6.29. The number of benzene rings is 1. The fourth-order valence-electron chi connectivity index (χ4n) is 2.15. The molecule has 3 nitrogen and oxygen atoms in total. The van der Waals surface area contributed by atoms with Crippen molar-refractivity contribution < 1.29 is 9.18 Å². The minimum Gasteiger partial charge on any atom is -0.267 e. The summed E-state index contributed by atoms with van der Waals surface area (Å²) < 4.78 is 13.0. The molecule has 1 unspecified atom stereocenters. The van der Waals surface area contributed by atoms with E-state index >= 15 is 0 Å². The Hall–Kier alpha value is -1.71.